The molecule has 1 aliphatic rings. The molecule has 0 N–H and O–H groups in total. The summed E-state index contributed by atoms with van der Waals surface area (Å²) >= 11 is 0. The Morgan fingerprint density at radius 1 is 1.33 bits per heavy atom. The van der Waals surface area contributed by atoms with Crippen LogP contribution in [0, 0.1) is 5.92 Å². The number of nitrogens with zero attached hydrogens (tertiary/aromatic N) is 2. The molecular formula is C12H24N2O3S. The molecule has 0 amide bonds. The number of piperazine rings is 1. The average Bonchev–Trinajstić information content (AvgIpc) is 2.37. The quantitative estimate of drug-likeness (QED) is 0.629. The largest absolute Gasteiger partial charge is 0.469 e. The maximum absolute atomic E-state index is 11.8. The van der Waals surface area contributed by atoms with Crippen LogP contribution in [0.3, 0.4) is 0 Å². The lowest BCUT2D eigenvalue weighted by Gasteiger charge is -2.32. The van der Waals surface area contributed by atoms with Crippen molar-refractivity contribution in [2.75, 3.05) is 58.4 Å². The molecule has 18 heavy (non-hydrogen) atoms. The highest BCUT2D eigenvalue weighted by Crippen LogP contribution is 2.03. The molecule has 1 saturated heterocycles. The van der Waals surface area contributed by atoms with Crippen LogP contribution >= 0.6 is 0 Å². The van der Waals surface area contributed by atoms with Gasteiger partial charge < -0.3 is 9.64 Å². The summed E-state index contributed by atoms with van der Waals surface area (Å²) in [4.78, 5) is 15.8. The van der Waals surface area contributed by atoms with Crippen LogP contribution in [0.5, 0.6) is 0 Å². The van der Waals surface area contributed by atoms with Crippen molar-refractivity contribution < 1.29 is 13.7 Å². The fourth-order valence-corrected chi connectivity index (χ4v) is 3.26. The maximum Gasteiger partial charge on any atom is 0.309 e. The zero-order valence-corrected chi connectivity index (χ0v) is 12.4. The van der Waals surface area contributed by atoms with Gasteiger partial charge in [0.25, 0.3) is 0 Å². The van der Waals surface area contributed by atoms with Gasteiger partial charge in [-0.1, -0.05) is 6.92 Å². The van der Waals surface area contributed by atoms with E-state index in [1.165, 1.54) is 7.11 Å². The SMILES string of the molecule is COC(=O)C(C)CS(=O)CCN1CCN(C)CC1. The molecule has 0 spiro atoms. The van der Waals surface area contributed by atoms with Crippen LogP contribution in [0.15, 0.2) is 0 Å². The van der Waals surface area contributed by atoms with Gasteiger partial charge in [-0.2, -0.15) is 0 Å². The summed E-state index contributed by atoms with van der Waals surface area (Å²) in [5.41, 5.74) is 0. The van der Waals surface area contributed by atoms with Gasteiger partial charge in [0, 0.05) is 55.0 Å². The van der Waals surface area contributed by atoms with E-state index >= 15 is 0 Å². The number of methoxy groups -OCH3 is 1. The second-order valence-electron chi connectivity index (χ2n) is 4.88. The van der Waals surface area contributed by atoms with Gasteiger partial charge in [-0.25, -0.2) is 0 Å². The predicted octanol–water partition coefficient (Wildman–Crippen LogP) is -0.208. The van der Waals surface area contributed by atoms with Crippen LogP contribution in [-0.4, -0.2) is 78.4 Å². The lowest BCUT2D eigenvalue weighted by molar-refractivity contribution is -0.144. The van der Waals surface area contributed by atoms with Crippen molar-refractivity contribution in [2.24, 2.45) is 5.92 Å². The second kappa shape index (κ2) is 7.86. The van der Waals surface area contributed by atoms with Crippen LogP contribution in [0.4, 0.5) is 0 Å². The van der Waals surface area contributed by atoms with E-state index in [0.29, 0.717) is 11.5 Å². The first-order valence-corrected chi connectivity index (χ1v) is 7.85. The van der Waals surface area contributed by atoms with Crippen molar-refractivity contribution >= 4 is 16.8 Å². The molecule has 1 aliphatic heterocycles. The molecule has 1 rings (SSSR count). The van der Waals surface area contributed by atoms with Crippen molar-refractivity contribution in [3.05, 3.63) is 0 Å². The van der Waals surface area contributed by atoms with E-state index in [-0.39, 0.29) is 11.9 Å². The number of esters is 1. The molecule has 6 heteroatoms. The zero-order valence-electron chi connectivity index (χ0n) is 11.6. The number of rotatable bonds is 6. The van der Waals surface area contributed by atoms with Crippen LogP contribution in [0.25, 0.3) is 0 Å². The first kappa shape index (κ1) is 15.6. The molecule has 5 nitrogen and oxygen atoms in total. The number of carbonyl (C=O) groups excluding carboxylic acids is 1. The highest BCUT2D eigenvalue weighted by atomic mass is 32.2. The van der Waals surface area contributed by atoms with Gasteiger partial charge in [0.1, 0.15) is 0 Å². The molecule has 2 atom stereocenters. The normalized spacial score (nSPS) is 21.5. The van der Waals surface area contributed by atoms with Crippen molar-refractivity contribution in [2.45, 2.75) is 6.92 Å². The van der Waals surface area contributed by atoms with Crippen molar-refractivity contribution in [1.82, 2.24) is 9.80 Å². The molecule has 0 radical (unpaired) electrons. The van der Waals surface area contributed by atoms with Gasteiger partial charge in [-0.15, -0.1) is 0 Å². The first-order chi connectivity index (χ1) is 8.52. The molecule has 0 aliphatic carbocycles. The molecule has 0 aromatic carbocycles. The molecule has 2 unspecified atom stereocenters. The Bertz CT molecular complexity index is 291. The molecule has 0 bridgehead atoms. The summed E-state index contributed by atoms with van der Waals surface area (Å²) < 4.78 is 16.5. The highest BCUT2D eigenvalue weighted by Gasteiger charge is 2.18. The van der Waals surface area contributed by atoms with Crippen LogP contribution in [0.2, 0.25) is 0 Å². The summed E-state index contributed by atoms with van der Waals surface area (Å²) in [6.07, 6.45) is 0. The molecule has 0 saturated carbocycles. The Balaban J connectivity index is 2.19. The van der Waals surface area contributed by atoms with Crippen molar-refractivity contribution in [3.63, 3.8) is 0 Å². The molecule has 1 fully saturated rings. The number of hydrogen-bond acceptors (Lipinski definition) is 5. The summed E-state index contributed by atoms with van der Waals surface area (Å²) in [6.45, 7) is 6.85. The fraction of sp³-hybridized carbons (Fsp3) is 0.917. The van der Waals surface area contributed by atoms with Crippen molar-refractivity contribution in [1.29, 1.82) is 0 Å². The van der Waals surface area contributed by atoms with Crippen molar-refractivity contribution in [3.8, 4) is 0 Å². The number of ether oxygens (including phenoxy) is 1. The lowest BCUT2D eigenvalue weighted by atomic mass is 10.2. The lowest BCUT2D eigenvalue weighted by Crippen LogP contribution is -2.45. The van der Waals surface area contributed by atoms with Gasteiger partial charge in [0.2, 0.25) is 0 Å². The molecular weight excluding hydrogens is 252 g/mol. The Hall–Kier alpha value is -0.460. The van der Waals surface area contributed by atoms with E-state index in [9.17, 15) is 9.00 Å². The highest BCUT2D eigenvalue weighted by molar-refractivity contribution is 7.85. The predicted molar refractivity (Wildman–Crippen MR) is 73.0 cm³/mol. The minimum Gasteiger partial charge on any atom is -0.469 e. The third-order valence-electron chi connectivity index (χ3n) is 3.27. The Morgan fingerprint density at radius 3 is 2.50 bits per heavy atom. The third kappa shape index (κ3) is 5.46. The van der Waals surface area contributed by atoms with Gasteiger partial charge in [-0.3, -0.25) is 13.9 Å². The summed E-state index contributed by atoms with van der Waals surface area (Å²) in [5, 5.41) is 0. The minimum atomic E-state index is -0.939. The summed E-state index contributed by atoms with van der Waals surface area (Å²) in [5.74, 6) is 0.497. The monoisotopic (exact) mass is 276 g/mol. The van der Waals surface area contributed by atoms with Crippen LogP contribution in [-0.2, 0) is 20.3 Å². The van der Waals surface area contributed by atoms with E-state index in [1.807, 2.05) is 0 Å². The first-order valence-electron chi connectivity index (χ1n) is 6.36. The van der Waals surface area contributed by atoms with Gasteiger partial charge in [0.05, 0.1) is 13.0 Å². The smallest absolute Gasteiger partial charge is 0.309 e. The topological polar surface area (TPSA) is 49.9 Å². The van der Waals surface area contributed by atoms with Crippen LogP contribution < -0.4 is 0 Å². The molecule has 106 valence electrons. The van der Waals surface area contributed by atoms with Gasteiger partial charge >= 0.3 is 5.97 Å². The zero-order chi connectivity index (χ0) is 13.5. The molecule has 1 heterocycles. The molecule has 0 aromatic rings. The van der Waals surface area contributed by atoms with E-state index < -0.39 is 10.8 Å². The van der Waals surface area contributed by atoms with E-state index in [0.717, 1.165) is 32.7 Å². The number of carbonyl (C=O) groups is 1. The summed E-state index contributed by atoms with van der Waals surface area (Å²) in [6, 6.07) is 0. The van der Waals surface area contributed by atoms with Gasteiger partial charge in [-0.05, 0) is 7.05 Å². The maximum atomic E-state index is 11.8. The van der Waals surface area contributed by atoms with E-state index in [4.69, 9.17) is 0 Å². The minimum absolute atomic E-state index is 0.275. The molecule has 0 aromatic heterocycles. The fourth-order valence-electron chi connectivity index (χ4n) is 1.93. The standard InChI is InChI=1S/C12H24N2O3S/c1-11(12(15)17-3)10-18(16)9-8-14-6-4-13(2)5-7-14/h11H,4-10H2,1-3H3. The van der Waals surface area contributed by atoms with Gasteiger partial charge in [0.15, 0.2) is 0 Å². The summed E-state index contributed by atoms with van der Waals surface area (Å²) in [7, 11) is 2.55. The second-order valence-corrected chi connectivity index (χ2v) is 6.50. The van der Waals surface area contributed by atoms with E-state index in [1.54, 1.807) is 6.92 Å². The van der Waals surface area contributed by atoms with E-state index in [2.05, 4.69) is 21.6 Å². The third-order valence-corrected chi connectivity index (χ3v) is 4.78. The number of likely N-dealkylation sites (N-methyl/N-ethyl adjacent to an activating group) is 1. The van der Waals surface area contributed by atoms with Crippen LogP contribution in [0.1, 0.15) is 6.92 Å². The Labute approximate surface area is 112 Å². The Morgan fingerprint density at radius 2 is 1.94 bits per heavy atom. The number of hydrogen-bond donors (Lipinski definition) is 0. The Kier molecular flexibility index (Phi) is 6.81. The average molecular weight is 276 g/mol.